The molecule has 1 aliphatic rings. The predicted octanol–water partition coefficient (Wildman–Crippen LogP) is 4.43. The van der Waals surface area contributed by atoms with Crippen molar-refractivity contribution in [2.24, 2.45) is 0 Å². The molecule has 3 heterocycles. The number of benzene rings is 1. The number of hydrogen-bond donors (Lipinski definition) is 1. The number of fused-ring (bicyclic) bond motifs is 1. The highest BCUT2D eigenvalue weighted by Crippen LogP contribution is 2.38. The summed E-state index contributed by atoms with van der Waals surface area (Å²) in [6.45, 7) is 2.82. The van der Waals surface area contributed by atoms with Crippen molar-refractivity contribution in [3.05, 3.63) is 45.6 Å². The second-order valence-electron chi connectivity index (χ2n) is 5.70. The normalized spacial score (nSPS) is 12.8. The highest BCUT2D eigenvalue weighted by atomic mass is 79.9. The minimum Gasteiger partial charge on any atom is -0.486 e. The topological polar surface area (TPSA) is 73.6 Å². The van der Waals surface area contributed by atoms with Gasteiger partial charge in [-0.3, -0.25) is 4.79 Å². The molecule has 4 rings (SSSR count). The first-order valence-electron chi connectivity index (χ1n) is 7.99. The first-order chi connectivity index (χ1) is 12.6. The van der Waals surface area contributed by atoms with Gasteiger partial charge >= 0.3 is 0 Å². The SMILES string of the molecule is Cc1oc(-c2cccs2)nc1CC(=O)Nc1cc2c(cc1Br)OCCO2. The van der Waals surface area contributed by atoms with Crippen LogP contribution < -0.4 is 14.8 Å². The third kappa shape index (κ3) is 3.47. The fourth-order valence-corrected chi connectivity index (χ4v) is 3.67. The molecule has 3 aromatic rings. The second kappa shape index (κ2) is 7.13. The van der Waals surface area contributed by atoms with Crippen molar-refractivity contribution < 1.29 is 18.7 Å². The van der Waals surface area contributed by atoms with Gasteiger partial charge in [-0.1, -0.05) is 6.07 Å². The number of oxazole rings is 1. The monoisotopic (exact) mass is 434 g/mol. The third-order valence-corrected chi connectivity index (χ3v) is 5.37. The van der Waals surface area contributed by atoms with E-state index < -0.39 is 0 Å². The number of anilines is 1. The number of halogens is 1. The molecule has 1 N–H and O–H groups in total. The summed E-state index contributed by atoms with van der Waals surface area (Å²) in [5.74, 6) is 2.28. The summed E-state index contributed by atoms with van der Waals surface area (Å²) < 4.78 is 17.5. The highest BCUT2D eigenvalue weighted by Gasteiger charge is 2.18. The maximum atomic E-state index is 12.5. The molecule has 0 unspecified atom stereocenters. The fraction of sp³-hybridized carbons (Fsp3) is 0.222. The van der Waals surface area contributed by atoms with E-state index in [1.807, 2.05) is 24.4 Å². The lowest BCUT2D eigenvalue weighted by atomic mass is 10.2. The molecule has 2 aromatic heterocycles. The van der Waals surface area contributed by atoms with Crippen molar-refractivity contribution >= 4 is 38.9 Å². The Kier molecular flexibility index (Phi) is 4.69. The van der Waals surface area contributed by atoms with Crippen LogP contribution in [0.4, 0.5) is 5.69 Å². The Morgan fingerprint density at radius 3 is 2.81 bits per heavy atom. The first-order valence-corrected chi connectivity index (χ1v) is 9.66. The average molecular weight is 435 g/mol. The van der Waals surface area contributed by atoms with Gasteiger partial charge in [0.25, 0.3) is 0 Å². The summed E-state index contributed by atoms with van der Waals surface area (Å²) in [4.78, 5) is 17.9. The Bertz CT molecular complexity index is 953. The number of rotatable bonds is 4. The number of carbonyl (C=O) groups excluding carboxylic acids is 1. The number of aryl methyl sites for hydroxylation is 1. The fourth-order valence-electron chi connectivity index (χ4n) is 2.60. The van der Waals surface area contributed by atoms with Gasteiger partial charge in [-0.15, -0.1) is 11.3 Å². The summed E-state index contributed by atoms with van der Waals surface area (Å²) >= 11 is 5.00. The van der Waals surface area contributed by atoms with Gasteiger partial charge in [0.15, 0.2) is 11.5 Å². The molecule has 0 bridgehead atoms. The van der Waals surface area contributed by atoms with Gasteiger partial charge in [-0.25, -0.2) is 4.98 Å². The Labute approximate surface area is 162 Å². The van der Waals surface area contributed by atoms with Crippen molar-refractivity contribution in [1.29, 1.82) is 0 Å². The molecule has 6 nitrogen and oxygen atoms in total. The molecule has 1 amide bonds. The van der Waals surface area contributed by atoms with Crippen LogP contribution in [0.15, 0.2) is 38.5 Å². The van der Waals surface area contributed by atoms with Gasteiger partial charge in [0.1, 0.15) is 19.0 Å². The molecular formula is C18H15BrN2O4S. The van der Waals surface area contributed by atoms with Crippen molar-refractivity contribution in [2.75, 3.05) is 18.5 Å². The number of nitrogens with one attached hydrogen (secondary N) is 1. The maximum absolute atomic E-state index is 12.5. The van der Waals surface area contributed by atoms with E-state index in [9.17, 15) is 4.79 Å². The number of aromatic nitrogens is 1. The van der Waals surface area contributed by atoms with Gasteiger partial charge in [0, 0.05) is 16.6 Å². The van der Waals surface area contributed by atoms with Gasteiger partial charge in [-0.05, 0) is 34.3 Å². The summed E-state index contributed by atoms with van der Waals surface area (Å²) in [7, 11) is 0. The summed E-state index contributed by atoms with van der Waals surface area (Å²) in [5, 5.41) is 4.84. The van der Waals surface area contributed by atoms with Crippen LogP contribution in [-0.2, 0) is 11.2 Å². The largest absolute Gasteiger partial charge is 0.486 e. The number of thiophene rings is 1. The van der Waals surface area contributed by atoms with Crippen LogP contribution in [0.1, 0.15) is 11.5 Å². The minimum absolute atomic E-state index is 0.127. The Hall–Kier alpha value is -2.32. The van der Waals surface area contributed by atoms with Gasteiger partial charge in [-0.2, -0.15) is 0 Å². The van der Waals surface area contributed by atoms with Crippen molar-refractivity contribution in [2.45, 2.75) is 13.3 Å². The van der Waals surface area contributed by atoms with Crippen LogP contribution in [0.2, 0.25) is 0 Å². The summed E-state index contributed by atoms with van der Waals surface area (Å²) in [6, 6.07) is 7.42. The lowest BCUT2D eigenvalue weighted by Gasteiger charge is -2.20. The van der Waals surface area contributed by atoms with E-state index in [-0.39, 0.29) is 12.3 Å². The second-order valence-corrected chi connectivity index (χ2v) is 7.50. The Balaban J connectivity index is 1.49. The zero-order valence-corrected chi connectivity index (χ0v) is 16.3. The lowest BCUT2D eigenvalue weighted by molar-refractivity contribution is -0.115. The van der Waals surface area contributed by atoms with E-state index in [1.165, 1.54) is 0 Å². The summed E-state index contributed by atoms with van der Waals surface area (Å²) in [6.07, 6.45) is 0.127. The van der Waals surface area contributed by atoms with Crippen LogP contribution in [0.3, 0.4) is 0 Å². The molecule has 8 heteroatoms. The zero-order valence-electron chi connectivity index (χ0n) is 13.9. The molecule has 1 aromatic carbocycles. The van der Waals surface area contributed by atoms with Crippen LogP contribution in [0.25, 0.3) is 10.8 Å². The predicted molar refractivity (Wildman–Crippen MR) is 102 cm³/mol. The minimum atomic E-state index is -0.184. The highest BCUT2D eigenvalue weighted by molar-refractivity contribution is 9.10. The number of ether oxygens (including phenoxy) is 2. The summed E-state index contributed by atoms with van der Waals surface area (Å²) in [5.41, 5.74) is 1.25. The third-order valence-electron chi connectivity index (χ3n) is 3.86. The number of hydrogen-bond acceptors (Lipinski definition) is 6. The number of carbonyl (C=O) groups is 1. The van der Waals surface area contributed by atoms with Gasteiger partial charge < -0.3 is 19.2 Å². The van der Waals surface area contributed by atoms with E-state index in [0.717, 1.165) is 9.35 Å². The van der Waals surface area contributed by atoms with E-state index in [0.29, 0.717) is 47.7 Å². The molecule has 0 radical (unpaired) electrons. The van der Waals surface area contributed by atoms with E-state index in [4.69, 9.17) is 13.9 Å². The van der Waals surface area contributed by atoms with E-state index >= 15 is 0 Å². The van der Waals surface area contributed by atoms with Crippen molar-refractivity contribution in [1.82, 2.24) is 4.98 Å². The van der Waals surface area contributed by atoms with Crippen LogP contribution >= 0.6 is 27.3 Å². The van der Waals surface area contributed by atoms with Crippen LogP contribution in [0, 0.1) is 6.92 Å². The molecule has 0 aliphatic carbocycles. The van der Waals surface area contributed by atoms with E-state index in [2.05, 4.69) is 26.2 Å². The van der Waals surface area contributed by atoms with Crippen molar-refractivity contribution in [3.63, 3.8) is 0 Å². The van der Waals surface area contributed by atoms with E-state index in [1.54, 1.807) is 23.5 Å². The van der Waals surface area contributed by atoms with Crippen LogP contribution in [0.5, 0.6) is 11.5 Å². The van der Waals surface area contributed by atoms with Crippen molar-refractivity contribution in [3.8, 4) is 22.3 Å². The smallest absolute Gasteiger partial charge is 0.236 e. The number of nitrogens with zero attached hydrogens (tertiary/aromatic N) is 1. The molecule has 26 heavy (non-hydrogen) atoms. The zero-order chi connectivity index (χ0) is 18.1. The van der Waals surface area contributed by atoms with Gasteiger partial charge in [0.2, 0.25) is 11.8 Å². The molecule has 0 saturated heterocycles. The maximum Gasteiger partial charge on any atom is 0.236 e. The standard InChI is InChI=1S/C18H15BrN2O4S/c1-10-12(21-18(25-10)16-3-2-6-26-16)9-17(22)20-13-8-15-14(7-11(13)19)23-4-5-24-15/h2-3,6-8H,4-5,9H2,1H3,(H,20,22). The lowest BCUT2D eigenvalue weighted by Crippen LogP contribution is -2.18. The first kappa shape index (κ1) is 17.1. The quantitative estimate of drug-likeness (QED) is 0.657. The molecular weight excluding hydrogens is 420 g/mol. The number of amides is 1. The van der Waals surface area contributed by atoms with Crippen LogP contribution in [-0.4, -0.2) is 24.1 Å². The Morgan fingerprint density at radius 1 is 1.31 bits per heavy atom. The molecule has 0 saturated carbocycles. The molecule has 134 valence electrons. The Morgan fingerprint density at radius 2 is 2.08 bits per heavy atom. The molecule has 0 atom stereocenters. The molecule has 0 fully saturated rings. The van der Waals surface area contributed by atoms with Gasteiger partial charge in [0.05, 0.1) is 22.7 Å². The molecule has 1 aliphatic heterocycles. The average Bonchev–Trinajstić information content (AvgIpc) is 3.26. The molecule has 0 spiro atoms.